The van der Waals surface area contributed by atoms with Crippen molar-refractivity contribution in [2.45, 2.75) is 19.9 Å². The number of fused-ring (bicyclic) bond motifs is 1. The molecule has 0 atom stereocenters. The predicted octanol–water partition coefficient (Wildman–Crippen LogP) is 2.06. The van der Waals surface area contributed by atoms with Gasteiger partial charge >= 0.3 is 16.2 Å². The number of anilines is 1. The third-order valence-electron chi connectivity index (χ3n) is 4.36. The number of carbonyl (C=O) groups is 1. The van der Waals surface area contributed by atoms with Crippen molar-refractivity contribution >= 4 is 21.9 Å². The molecule has 0 fully saturated rings. The smallest absolute Gasteiger partial charge is 0.321 e. The molecular formula is C19H22N2O5S. The van der Waals surface area contributed by atoms with E-state index in [0.717, 1.165) is 9.87 Å². The number of phenolic OH excluding ortho intramolecular Hbond substituents is 1. The van der Waals surface area contributed by atoms with Gasteiger partial charge in [-0.3, -0.25) is 9.10 Å². The topological polar surface area (TPSA) is 87.1 Å². The number of benzene rings is 2. The van der Waals surface area contributed by atoms with Crippen molar-refractivity contribution < 1.29 is 23.1 Å². The van der Waals surface area contributed by atoms with Crippen LogP contribution in [0, 0.1) is 0 Å². The number of rotatable bonds is 7. The van der Waals surface area contributed by atoms with E-state index in [1.54, 1.807) is 31.2 Å². The van der Waals surface area contributed by atoms with Crippen LogP contribution in [0.15, 0.2) is 48.5 Å². The van der Waals surface area contributed by atoms with Gasteiger partial charge in [-0.15, -0.1) is 0 Å². The summed E-state index contributed by atoms with van der Waals surface area (Å²) >= 11 is 0. The Hall–Kier alpha value is -2.58. The maximum absolute atomic E-state index is 13.3. The molecule has 0 radical (unpaired) electrons. The molecule has 0 aromatic heterocycles. The minimum Gasteiger partial charge on any atom is -0.508 e. The molecule has 8 heteroatoms. The van der Waals surface area contributed by atoms with Crippen LogP contribution in [-0.4, -0.2) is 43.5 Å². The van der Waals surface area contributed by atoms with Gasteiger partial charge in [0.25, 0.3) is 0 Å². The number of phenols is 1. The molecule has 1 heterocycles. The number of hydrogen-bond acceptors (Lipinski definition) is 5. The molecule has 0 spiro atoms. The van der Waals surface area contributed by atoms with Crippen molar-refractivity contribution in [3.05, 3.63) is 59.7 Å². The summed E-state index contributed by atoms with van der Waals surface area (Å²) in [5.41, 5.74) is 2.26. The maximum atomic E-state index is 13.3. The Bertz CT molecular complexity index is 912. The average molecular weight is 390 g/mol. The summed E-state index contributed by atoms with van der Waals surface area (Å²) in [5.74, 6) is -0.514. The molecule has 0 saturated carbocycles. The lowest BCUT2D eigenvalue weighted by atomic mass is 10.2. The third-order valence-corrected chi connectivity index (χ3v) is 6.20. The second-order valence-corrected chi connectivity index (χ2v) is 8.05. The number of ether oxygens (including phenoxy) is 1. The predicted molar refractivity (Wildman–Crippen MR) is 102 cm³/mol. The van der Waals surface area contributed by atoms with Crippen molar-refractivity contribution in [3.63, 3.8) is 0 Å². The Morgan fingerprint density at radius 2 is 1.89 bits per heavy atom. The molecule has 2 aromatic rings. The molecule has 7 nitrogen and oxygen atoms in total. The van der Waals surface area contributed by atoms with Crippen LogP contribution in [0.3, 0.4) is 0 Å². The van der Waals surface area contributed by atoms with E-state index >= 15 is 0 Å². The van der Waals surface area contributed by atoms with Gasteiger partial charge in [0.1, 0.15) is 12.3 Å². The zero-order chi connectivity index (χ0) is 19.4. The van der Waals surface area contributed by atoms with Crippen LogP contribution in [0.2, 0.25) is 0 Å². The molecule has 144 valence electrons. The van der Waals surface area contributed by atoms with Crippen molar-refractivity contribution in [2.24, 2.45) is 0 Å². The minimum absolute atomic E-state index is 0.0000938. The maximum Gasteiger partial charge on any atom is 0.321 e. The highest BCUT2D eigenvalue weighted by Gasteiger charge is 2.35. The molecule has 0 aliphatic carbocycles. The Balaban J connectivity index is 1.91. The second kappa shape index (κ2) is 7.98. The summed E-state index contributed by atoms with van der Waals surface area (Å²) in [6.07, 6.45) is 0.627. The fourth-order valence-corrected chi connectivity index (χ4v) is 4.67. The van der Waals surface area contributed by atoms with Crippen LogP contribution < -0.4 is 4.31 Å². The van der Waals surface area contributed by atoms with Crippen LogP contribution in [0.1, 0.15) is 18.1 Å². The van der Waals surface area contributed by atoms with Crippen LogP contribution in [0.4, 0.5) is 5.69 Å². The van der Waals surface area contributed by atoms with Crippen LogP contribution >= 0.6 is 0 Å². The van der Waals surface area contributed by atoms with E-state index in [2.05, 4.69) is 0 Å². The highest BCUT2D eigenvalue weighted by molar-refractivity contribution is 7.90. The summed E-state index contributed by atoms with van der Waals surface area (Å²) in [6.45, 7) is 1.80. The molecule has 2 aromatic carbocycles. The number of para-hydroxylation sites is 1. The molecule has 0 amide bonds. The van der Waals surface area contributed by atoms with Gasteiger partial charge in [-0.2, -0.15) is 12.7 Å². The van der Waals surface area contributed by atoms with Gasteiger partial charge in [0.15, 0.2) is 0 Å². The highest BCUT2D eigenvalue weighted by Crippen LogP contribution is 2.31. The van der Waals surface area contributed by atoms with Gasteiger partial charge in [-0.25, -0.2) is 0 Å². The normalized spacial score (nSPS) is 13.6. The second-order valence-electron chi connectivity index (χ2n) is 6.20. The Kier molecular flexibility index (Phi) is 5.67. The van der Waals surface area contributed by atoms with Crippen LogP contribution in [-0.2, 0) is 32.7 Å². The number of carbonyl (C=O) groups excluding carboxylic acids is 1. The van der Waals surface area contributed by atoms with E-state index < -0.39 is 16.2 Å². The van der Waals surface area contributed by atoms with Gasteiger partial charge in [-0.1, -0.05) is 30.3 Å². The van der Waals surface area contributed by atoms with E-state index in [9.17, 15) is 18.3 Å². The quantitative estimate of drug-likeness (QED) is 0.732. The monoisotopic (exact) mass is 390 g/mol. The van der Waals surface area contributed by atoms with E-state index in [0.29, 0.717) is 24.2 Å². The first-order chi connectivity index (χ1) is 12.9. The van der Waals surface area contributed by atoms with Gasteiger partial charge in [-0.05, 0) is 42.7 Å². The zero-order valence-electron chi connectivity index (χ0n) is 15.0. The van der Waals surface area contributed by atoms with Crippen molar-refractivity contribution in [1.82, 2.24) is 4.31 Å². The molecule has 1 N–H and O–H groups in total. The molecule has 0 unspecified atom stereocenters. The fourth-order valence-electron chi connectivity index (χ4n) is 3.06. The SMILES string of the molecule is CCOC(=O)CN(Cc1ccc(O)cc1)S(=O)(=O)N1CCc2ccccc21. The summed E-state index contributed by atoms with van der Waals surface area (Å²) in [6, 6.07) is 13.6. The first-order valence-electron chi connectivity index (χ1n) is 8.71. The summed E-state index contributed by atoms with van der Waals surface area (Å²) in [5, 5.41) is 9.43. The summed E-state index contributed by atoms with van der Waals surface area (Å²) in [7, 11) is -3.93. The van der Waals surface area contributed by atoms with Gasteiger partial charge in [0.05, 0.1) is 12.3 Å². The lowest BCUT2D eigenvalue weighted by molar-refractivity contribution is -0.143. The Labute approximate surface area is 159 Å². The first-order valence-corrected chi connectivity index (χ1v) is 10.1. The first kappa shape index (κ1) is 19.2. The molecule has 0 bridgehead atoms. The molecule has 0 saturated heterocycles. The number of hydrogen-bond donors (Lipinski definition) is 1. The van der Waals surface area contributed by atoms with Crippen molar-refractivity contribution in [3.8, 4) is 5.75 Å². The minimum atomic E-state index is -3.93. The Morgan fingerprint density at radius 3 is 2.59 bits per heavy atom. The fraction of sp³-hybridized carbons (Fsp3) is 0.316. The van der Waals surface area contributed by atoms with Crippen LogP contribution in [0.5, 0.6) is 5.75 Å². The largest absolute Gasteiger partial charge is 0.508 e. The van der Waals surface area contributed by atoms with Gasteiger partial charge in [0.2, 0.25) is 0 Å². The summed E-state index contributed by atoms with van der Waals surface area (Å²) in [4.78, 5) is 12.0. The van der Waals surface area contributed by atoms with E-state index in [4.69, 9.17) is 4.74 Å². The Morgan fingerprint density at radius 1 is 1.19 bits per heavy atom. The molecule has 27 heavy (non-hydrogen) atoms. The van der Waals surface area contributed by atoms with Crippen molar-refractivity contribution in [1.29, 1.82) is 0 Å². The molecule has 3 rings (SSSR count). The molecule has 1 aliphatic heterocycles. The molecular weight excluding hydrogens is 368 g/mol. The standard InChI is InChI=1S/C19H22N2O5S/c1-2-26-19(23)14-20(13-15-7-9-17(22)10-8-15)27(24,25)21-12-11-16-5-3-4-6-18(16)21/h3-10,22H,2,11-14H2,1H3. The highest BCUT2D eigenvalue weighted by atomic mass is 32.2. The number of aromatic hydroxyl groups is 1. The third kappa shape index (κ3) is 4.23. The number of nitrogens with zero attached hydrogens (tertiary/aromatic N) is 2. The van der Waals surface area contributed by atoms with E-state index in [1.165, 1.54) is 16.4 Å². The van der Waals surface area contributed by atoms with Gasteiger partial charge < -0.3 is 9.84 Å². The average Bonchev–Trinajstić information content (AvgIpc) is 3.08. The van der Waals surface area contributed by atoms with E-state index in [1.807, 2.05) is 12.1 Å². The van der Waals surface area contributed by atoms with Crippen molar-refractivity contribution in [2.75, 3.05) is 24.0 Å². The lowest BCUT2D eigenvalue weighted by Gasteiger charge is -2.28. The van der Waals surface area contributed by atoms with Crippen LogP contribution in [0.25, 0.3) is 0 Å². The zero-order valence-corrected chi connectivity index (χ0v) is 15.9. The van der Waals surface area contributed by atoms with Gasteiger partial charge in [0, 0.05) is 13.1 Å². The number of esters is 1. The summed E-state index contributed by atoms with van der Waals surface area (Å²) < 4.78 is 34.0. The lowest BCUT2D eigenvalue weighted by Crippen LogP contribution is -2.45. The van der Waals surface area contributed by atoms with E-state index in [-0.39, 0.29) is 25.4 Å². The molecule has 1 aliphatic rings.